The summed E-state index contributed by atoms with van der Waals surface area (Å²) in [6, 6.07) is 6.96. The van der Waals surface area contributed by atoms with Crippen LogP contribution in [0.3, 0.4) is 0 Å². The van der Waals surface area contributed by atoms with Crippen molar-refractivity contribution in [3.05, 3.63) is 35.4 Å². The van der Waals surface area contributed by atoms with Crippen LogP contribution in [-0.2, 0) is 19.8 Å². The Balaban J connectivity index is 1.22. The van der Waals surface area contributed by atoms with Crippen LogP contribution < -0.4 is 10.6 Å². The van der Waals surface area contributed by atoms with Crippen molar-refractivity contribution < 1.29 is 19.2 Å². The first-order valence-corrected chi connectivity index (χ1v) is 14.0. The zero-order valence-corrected chi connectivity index (χ0v) is 23.3. The molecule has 3 saturated heterocycles. The summed E-state index contributed by atoms with van der Waals surface area (Å²) < 4.78 is 0. The van der Waals surface area contributed by atoms with Gasteiger partial charge in [0.25, 0.3) is 5.91 Å². The number of nitrogens with zero attached hydrogens (tertiary/aromatic N) is 3. The van der Waals surface area contributed by atoms with Gasteiger partial charge in [0.05, 0.1) is 19.1 Å². The quantitative estimate of drug-likeness (QED) is 0.532. The molecule has 3 aliphatic rings. The number of Topliss-reactive ketones (excluding diaryl/α,β-unsaturated/α-hetero) is 1. The SMILES string of the molecule is CC(CCNC(=O)c1ccc(C(C)(C)C)cc1)CC(=O)N1CCC2C1C(=O)CN2C(=O)CN1CCNCC1. The van der Waals surface area contributed by atoms with E-state index in [0.29, 0.717) is 44.5 Å². The monoisotopic (exact) mass is 525 g/mol. The molecule has 3 heterocycles. The highest BCUT2D eigenvalue weighted by atomic mass is 16.2. The third kappa shape index (κ3) is 6.61. The van der Waals surface area contributed by atoms with Gasteiger partial charge >= 0.3 is 0 Å². The molecule has 1 aromatic rings. The number of carbonyl (C=O) groups excluding carboxylic acids is 4. The van der Waals surface area contributed by atoms with Gasteiger partial charge in [0.2, 0.25) is 11.8 Å². The van der Waals surface area contributed by atoms with E-state index in [1.807, 2.05) is 31.2 Å². The van der Waals surface area contributed by atoms with Crippen molar-refractivity contribution in [2.75, 3.05) is 52.4 Å². The number of fused-ring (bicyclic) bond motifs is 1. The van der Waals surface area contributed by atoms with E-state index in [9.17, 15) is 19.2 Å². The number of amides is 3. The van der Waals surface area contributed by atoms with Crippen molar-refractivity contribution in [3.8, 4) is 0 Å². The van der Waals surface area contributed by atoms with Crippen LogP contribution >= 0.6 is 0 Å². The van der Waals surface area contributed by atoms with Crippen molar-refractivity contribution >= 4 is 23.5 Å². The lowest BCUT2D eigenvalue weighted by Crippen LogP contribution is -2.50. The summed E-state index contributed by atoms with van der Waals surface area (Å²) in [6.07, 6.45) is 1.64. The molecule has 0 spiro atoms. The summed E-state index contributed by atoms with van der Waals surface area (Å²) in [4.78, 5) is 57.0. The van der Waals surface area contributed by atoms with E-state index in [-0.39, 0.29) is 47.4 Å². The summed E-state index contributed by atoms with van der Waals surface area (Å²) >= 11 is 0. The maximum atomic E-state index is 13.1. The smallest absolute Gasteiger partial charge is 0.251 e. The van der Waals surface area contributed by atoms with Gasteiger partial charge in [-0.2, -0.15) is 0 Å². The van der Waals surface area contributed by atoms with Gasteiger partial charge in [-0.05, 0) is 41.9 Å². The fourth-order valence-corrected chi connectivity index (χ4v) is 5.75. The third-order valence-electron chi connectivity index (χ3n) is 8.09. The van der Waals surface area contributed by atoms with Gasteiger partial charge in [0.15, 0.2) is 5.78 Å². The third-order valence-corrected chi connectivity index (χ3v) is 8.09. The standard InChI is InChI=1S/C29H43N5O4/c1-20(9-11-31-28(38)21-5-7-22(8-6-21)29(2,3)4)17-25(36)33-14-10-23-27(33)24(35)18-34(23)26(37)19-32-15-12-30-13-16-32/h5-8,20,23,27,30H,9-19H2,1-4H3,(H,31,38). The van der Waals surface area contributed by atoms with E-state index < -0.39 is 6.04 Å². The molecule has 3 fully saturated rings. The molecule has 3 unspecified atom stereocenters. The van der Waals surface area contributed by atoms with Crippen LogP contribution in [0.2, 0.25) is 0 Å². The van der Waals surface area contributed by atoms with Crippen molar-refractivity contribution in [2.24, 2.45) is 5.92 Å². The van der Waals surface area contributed by atoms with E-state index >= 15 is 0 Å². The summed E-state index contributed by atoms with van der Waals surface area (Å²) in [7, 11) is 0. The largest absolute Gasteiger partial charge is 0.352 e. The van der Waals surface area contributed by atoms with Crippen LogP contribution in [0.15, 0.2) is 24.3 Å². The van der Waals surface area contributed by atoms with E-state index in [1.165, 1.54) is 5.56 Å². The topological polar surface area (TPSA) is 102 Å². The molecule has 0 aromatic heterocycles. The Morgan fingerprint density at radius 3 is 2.37 bits per heavy atom. The zero-order valence-electron chi connectivity index (χ0n) is 23.3. The van der Waals surface area contributed by atoms with Crippen LogP contribution in [0.4, 0.5) is 0 Å². The van der Waals surface area contributed by atoms with Crippen molar-refractivity contribution in [1.82, 2.24) is 25.3 Å². The van der Waals surface area contributed by atoms with Gasteiger partial charge in [-0.15, -0.1) is 0 Å². The fraction of sp³-hybridized carbons (Fsp3) is 0.655. The molecule has 38 heavy (non-hydrogen) atoms. The summed E-state index contributed by atoms with van der Waals surface area (Å²) in [5, 5.41) is 6.24. The average molecular weight is 526 g/mol. The van der Waals surface area contributed by atoms with Gasteiger partial charge in [-0.1, -0.05) is 39.8 Å². The number of rotatable bonds is 8. The lowest BCUT2D eigenvalue weighted by Gasteiger charge is -2.30. The molecule has 1 aromatic carbocycles. The van der Waals surface area contributed by atoms with Gasteiger partial charge in [-0.25, -0.2) is 0 Å². The highest BCUT2D eigenvalue weighted by molar-refractivity contribution is 5.98. The Labute approximate surface area is 226 Å². The predicted molar refractivity (Wildman–Crippen MR) is 146 cm³/mol. The van der Waals surface area contributed by atoms with E-state index in [0.717, 1.165) is 26.2 Å². The van der Waals surface area contributed by atoms with Crippen molar-refractivity contribution in [2.45, 2.75) is 64.5 Å². The molecule has 0 bridgehead atoms. The Morgan fingerprint density at radius 1 is 1.03 bits per heavy atom. The van der Waals surface area contributed by atoms with Crippen LogP contribution in [-0.4, -0.2) is 103 Å². The van der Waals surface area contributed by atoms with Gasteiger partial charge < -0.3 is 20.4 Å². The molecule has 208 valence electrons. The molecule has 4 rings (SSSR count). The summed E-state index contributed by atoms with van der Waals surface area (Å²) in [5.74, 6) is -0.148. The number of piperazine rings is 1. The molecule has 0 radical (unpaired) electrons. The molecule has 3 aliphatic heterocycles. The Bertz CT molecular complexity index is 1030. The van der Waals surface area contributed by atoms with Crippen molar-refractivity contribution in [3.63, 3.8) is 0 Å². The molecule has 3 amide bonds. The Kier molecular flexibility index (Phi) is 8.88. The van der Waals surface area contributed by atoms with Crippen molar-refractivity contribution in [1.29, 1.82) is 0 Å². The molecule has 0 saturated carbocycles. The van der Waals surface area contributed by atoms with Crippen LogP contribution in [0.25, 0.3) is 0 Å². The predicted octanol–water partition coefficient (Wildman–Crippen LogP) is 1.42. The van der Waals surface area contributed by atoms with E-state index in [4.69, 9.17) is 0 Å². The molecule has 2 N–H and O–H groups in total. The fourth-order valence-electron chi connectivity index (χ4n) is 5.75. The molecule has 0 aliphatic carbocycles. The Hall–Kier alpha value is -2.78. The number of hydrogen-bond donors (Lipinski definition) is 2. The number of likely N-dealkylation sites (tertiary alicyclic amines) is 2. The number of nitrogens with one attached hydrogen (secondary N) is 2. The Morgan fingerprint density at radius 2 is 1.71 bits per heavy atom. The maximum Gasteiger partial charge on any atom is 0.251 e. The number of carbonyl (C=O) groups is 4. The van der Waals surface area contributed by atoms with Gasteiger partial charge in [-0.3, -0.25) is 24.1 Å². The first-order valence-electron chi connectivity index (χ1n) is 14.0. The summed E-state index contributed by atoms with van der Waals surface area (Å²) in [5.41, 5.74) is 1.84. The first-order chi connectivity index (χ1) is 18.0. The molecule has 9 heteroatoms. The first kappa shape index (κ1) is 28.2. The minimum atomic E-state index is -0.516. The highest BCUT2D eigenvalue weighted by Gasteiger charge is 2.51. The molecule has 9 nitrogen and oxygen atoms in total. The second-order valence-corrected chi connectivity index (χ2v) is 12.1. The zero-order chi connectivity index (χ0) is 27.4. The molecular formula is C29H43N5O4. The van der Waals surface area contributed by atoms with E-state index in [1.54, 1.807) is 9.80 Å². The molecular weight excluding hydrogens is 482 g/mol. The van der Waals surface area contributed by atoms with Gasteiger partial charge in [0, 0.05) is 51.3 Å². The van der Waals surface area contributed by atoms with Crippen LogP contribution in [0, 0.1) is 5.92 Å². The summed E-state index contributed by atoms with van der Waals surface area (Å²) in [6.45, 7) is 13.2. The number of hydrogen-bond acceptors (Lipinski definition) is 6. The van der Waals surface area contributed by atoms with Crippen LogP contribution in [0.1, 0.15) is 62.9 Å². The second-order valence-electron chi connectivity index (χ2n) is 12.1. The minimum absolute atomic E-state index is 0.0146. The lowest BCUT2D eigenvalue weighted by molar-refractivity contribution is -0.137. The number of ketones is 1. The lowest BCUT2D eigenvalue weighted by atomic mass is 9.87. The average Bonchev–Trinajstić information content (AvgIpc) is 3.45. The molecule has 3 atom stereocenters. The van der Waals surface area contributed by atoms with Gasteiger partial charge in [0.1, 0.15) is 6.04 Å². The van der Waals surface area contributed by atoms with Crippen LogP contribution in [0.5, 0.6) is 0 Å². The minimum Gasteiger partial charge on any atom is -0.352 e. The highest BCUT2D eigenvalue weighted by Crippen LogP contribution is 2.31. The second kappa shape index (κ2) is 11.9. The normalized spacial score (nSPS) is 22.9. The number of benzene rings is 1. The maximum absolute atomic E-state index is 13.1. The van der Waals surface area contributed by atoms with E-state index in [2.05, 4.69) is 36.3 Å².